The van der Waals surface area contributed by atoms with Crippen molar-refractivity contribution in [2.75, 3.05) is 30.4 Å². The minimum absolute atomic E-state index is 0.0196. The van der Waals surface area contributed by atoms with E-state index in [1.54, 1.807) is 46.4 Å². The maximum atomic E-state index is 14.6. The van der Waals surface area contributed by atoms with Crippen LogP contribution >= 0.6 is 0 Å². The van der Waals surface area contributed by atoms with E-state index in [1.165, 1.54) is 6.07 Å². The highest BCUT2D eigenvalue weighted by Gasteiger charge is 2.35. The summed E-state index contributed by atoms with van der Waals surface area (Å²) < 4.78 is 23.9. The molecule has 10 nitrogen and oxygen atoms in total. The lowest BCUT2D eigenvalue weighted by Crippen LogP contribution is -2.43. The van der Waals surface area contributed by atoms with Gasteiger partial charge in [0, 0.05) is 62.4 Å². The number of halogens is 1. The molecule has 43 heavy (non-hydrogen) atoms. The number of aromatic nitrogens is 4. The molecule has 1 aliphatic heterocycles. The summed E-state index contributed by atoms with van der Waals surface area (Å²) >= 11 is 0. The molecule has 1 fully saturated rings. The number of fused-ring (bicyclic) bond motifs is 2. The van der Waals surface area contributed by atoms with Crippen molar-refractivity contribution >= 4 is 39.9 Å². The third-order valence-electron chi connectivity index (χ3n) is 7.81. The Morgan fingerprint density at radius 1 is 1.16 bits per heavy atom. The second kappa shape index (κ2) is 11.2. The van der Waals surface area contributed by atoms with E-state index in [2.05, 4.69) is 36.0 Å². The number of nitrogens with one attached hydrogen (secondary N) is 1. The number of carbonyl (C=O) groups excluding carboxylic acids is 2. The maximum Gasteiger partial charge on any atom is 0.410 e. The number of imidazole rings is 1. The van der Waals surface area contributed by atoms with Crippen LogP contribution in [0.1, 0.15) is 70.4 Å². The highest BCUT2D eigenvalue weighted by atomic mass is 19.1. The van der Waals surface area contributed by atoms with Crippen molar-refractivity contribution in [2.24, 2.45) is 5.41 Å². The number of nitrogens with zero attached hydrogens (tertiary/aromatic N) is 6. The van der Waals surface area contributed by atoms with Gasteiger partial charge in [0.15, 0.2) is 11.5 Å². The molecule has 1 saturated heterocycles. The number of hydrogen-bond acceptors (Lipinski definition) is 6. The molecule has 0 unspecified atom stereocenters. The van der Waals surface area contributed by atoms with Crippen molar-refractivity contribution in [1.82, 2.24) is 24.1 Å². The van der Waals surface area contributed by atoms with Crippen LogP contribution in [0.25, 0.3) is 16.6 Å². The molecule has 5 rings (SSSR count). The average molecular weight is 592 g/mol. The van der Waals surface area contributed by atoms with E-state index in [4.69, 9.17) is 9.84 Å². The fraction of sp³-hybridized carbons (Fsp3) is 0.500. The standard InChI is InChI=1S/C32H42FN7O3/c1-9-40-18-24-26(38-13-12-22(17-38)37(8)30(42)43-32(6,7)19-31(3,4)5)11-10-23(27(24)36-40)29(41)35-21-14-25(33)28-34-20(2)15-39(28)16-21/h10-11,14-16,18,22H,9,12-13,17,19H2,1-8H3,(H,35,41)/t22-/m0/s1. The molecule has 0 bridgehead atoms. The summed E-state index contributed by atoms with van der Waals surface area (Å²) in [4.78, 5) is 34.6. The average Bonchev–Trinajstić information content (AvgIpc) is 3.63. The van der Waals surface area contributed by atoms with E-state index in [-0.39, 0.29) is 29.1 Å². The van der Waals surface area contributed by atoms with Gasteiger partial charge >= 0.3 is 6.09 Å². The molecule has 3 aromatic heterocycles. The fourth-order valence-corrected chi connectivity index (χ4v) is 6.25. The molecule has 0 radical (unpaired) electrons. The predicted octanol–water partition coefficient (Wildman–Crippen LogP) is 6.27. The summed E-state index contributed by atoms with van der Waals surface area (Å²) in [5, 5.41) is 8.38. The second-order valence-electron chi connectivity index (χ2n) is 13.4. The maximum absolute atomic E-state index is 14.6. The number of carbonyl (C=O) groups is 2. The van der Waals surface area contributed by atoms with Gasteiger partial charge in [0.1, 0.15) is 11.1 Å². The van der Waals surface area contributed by atoms with Gasteiger partial charge in [-0.1, -0.05) is 20.8 Å². The summed E-state index contributed by atoms with van der Waals surface area (Å²) in [6, 6.07) is 4.94. The summed E-state index contributed by atoms with van der Waals surface area (Å²) in [6.45, 7) is 16.1. The van der Waals surface area contributed by atoms with Gasteiger partial charge in [0.2, 0.25) is 0 Å². The molecule has 0 spiro atoms. The lowest BCUT2D eigenvalue weighted by atomic mass is 9.84. The molecule has 11 heteroatoms. The normalized spacial score (nSPS) is 15.8. The van der Waals surface area contributed by atoms with E-state index in [0.717, 1.165) is 30.5 Å². The number of rotatable bonds is 7. The highest BCUT2D eigenvalue weighted by molar-refractivity contribution is 6.14. The first-order chi connectivity index (χ1) is 20.1. The van der Waals surface area contributed by atoms with Crippen LogP contribution in [0.15, 0.2) is 36.8 Å². The van der Waals surface area contributed by atoms with E-state index in [0.29, 0.717) is 35.6 Å². The fourth-order valence-electron chi connectivity index (χ4n) is 6.25. The lowest BCUT2D eigenvalue weighted by molar-refractivity contribution is -0.0105. The SMILES string of the molecule is CCn1cc2c(N3CC[C@H](N(C)C(=O)OC(C)(C)CC(C)(C)C)C3)ccc(C(=O)Nc3cc(F)c4nc(C)cn4c3)c2n1. The molecule has 1 N–H and O–H groups in total. The topological polar surface area (TPSA) is 97.0 Å². The van der Waals surface area contributed by atoms with Crippen LogP contribution in [-0.4, -0.2) is 67.8 Å². The van der Waals surface area contributed by atoms with Crippen molar-refractivity contribution in [3.05, 3.63) is 53.9 Å². The molecule has 0 saturated carbocycles. The van der Waals surface area contributed by atoms with Gasteiger partial charge in [0.05, 0.1) is 23.0 Å². The number of likely N-dealkylation sites (N-methyl/N-ethyl adjacent to an activating group) is 1. The van der Waals surface area contributed by atoms with Crippen molar-refractivity contribution < 1.29 is 18.7 Å². The molecule has 4 heterocycles. The number of pyridine rings is 1. The van der Waals surface area contributed by atoms with Gasteiger partial charge in [-0.3, -0.25) is 9.48 Å². The van der Waals surface area contributed by atoms with E-state index < -0.39 is 11.4 Å². The van der Waals surface area contributed by atoms with Crippen molar-refractivity contribution in [3.63, 3.8) is 0 Å². The zero-order chi connectivity index (χ0) is 31.3. The lowest BCUT2D eigenvalue weighted by Gasteiger charge is -2.34. The molecule has 1 aliphatic rings. The Morgan fingerprint density at radius 3 is 2.60 bits per heavy atom. The number of ether oxygens (including phenoxy) is 1. The summed E-state index contributed by atoms with van der Waals surface area (Å²) in [5.41, 5.74) is 2.58. The summed E-state index contributed by atoms with van der Waals surface area (Å²) in [6.07, 6.45) is 6.51. The molecule has 2 amide bonds. The number of amides is 2. The third kappa shape index (κ3) is 6.45. The second-order valence-corrected chi connectivity index (χ2v) is 13.4. The van der Waals surface area contributed by atoms with Crippen LogP contribution in [-0.2, 0) is 11.3 Å². The van der Waals surface area contributed by atoms with Crippen LogP contribution in [0, 0.1) is 18.2 Å². The first-order valence-electron chi connectivity index (χ1n) is 14.8. The molecule has 230 valence electrons. The zero-order valence-electron chi connectivity index (χ0n) is 26.4. The van der Waals surface area contributed by atoms with Crippen LogP contribution in [0.5, 0.6) is 0 Å². The smallest absolute Gasteiger partial charge is 0.410 e. The first kappa shape index (κ1) is 30.3. The summed E-state index contributed by atoms with van der Waals surface area (Å²) in [5.74, 6) is -0.898. The van der Waals surface area contributed by atoms with Crippen molar-refractivity contribution in [3.8, 4) is 0 Å². The van der Waals surface area contributed by atoms with Crippen LogP contribution in [0.2, 0.25) is 0 Å². The molecular weight excluding hydrogens is 549 g/mol. The highest BCUT2D eigenvalue weighted by Crippen LogP contribution is 2.34. The Morgan fingerprint density at radius 2 is 1.91 bits per heavy atom. The van der Waals surface area contributed by atoms with Crippen molar-refractivity contribution in [2.45, 2.75) is 79.5 Å². The van der Waals surface area contributed by atoms with Crippen molar-refractivity contribution in [1.29, 1.82) is 0 Å². The van der Waals surface area contributed by atoms with E-state index in [9.17, 15) is 14.0 Å². The van der Waals surface area contributed by atoms with Gasteiger partial charge in [-0.2, -0.15) is 5.10 Å². The number of hydrogen-bond donors (Lipinski definition) is 1. The molecule has 1 aromatic carbocycles. The monoisotopic (exact) mass is 591 g/mol. The first-order valence-corrected chi connectivity index (χ1v) is 14.8. The van der Waals surface area contributed by atoms with Gasteiger partial charge in [-0.15, -0.1) is 0 Å². The zero-order valence-corrected chi connectivity index (χ0v) is 26.4. The van der Waals surface area contributed by atoms with E-state index in [1.807, 2.05) is 33.0 Å². The van der Waals surface area contributed by atoms with E-state index >= 15 is 0 Å². The third-order valence-corrected chi connectivity index (χ3v) is 7.81. The quantitative estimate of drug-likeness (QED) is 0.272. The number of aryl methyl sites for hydroxylation is 2. The molecule has 4 aromatic rings. The van der Waals surface area contributed by atoms with Crippen LogP contribution in [0.3, 0.4) is 0 Å². The molecule has 0 aliphatic carbocycles. The minimum atomic E-state index is -0.575. The minimum Gasteiger partial charge on any atom is -0.443 e. The van der Waals surface area contributed by atoms with Gasteiger partial charge in [-0.25, -0.2) is 14.2 Å². The van der Waals surface area contributed by atoms with Gasteiger partial charge in [0.25, 0.3) is 5.91 Å². The van der Waals surface area contributed by atoms with Crippen LogP contribution < -0.4 is 10.2 Å². The summed E-state index contributed by atoms with van der Waals surface area (Å²) in [7, 11) is 1.80. The predicted molar refractivity (Wildman–Crippen MR) is 166 cm³/mol. The van der Waals surface area contributed by atoms with Gasteiger partial charge < -0.3 is 24.3 Å². The van der Waals surface area contributed by atoms with Gasteiger partial charge in [-0.05, 0) is 58.1 Å². The van der Waals surface area contributed by atoms with Crippen LogP contribution in [0.4, 0.5) is 20.6 Å². The number of anilines is 2. The molecule has 1 atom stereocenters. The Labute approximate surface area is 251 Å². The Hall–Kier alpha value is -4.15. The Balaban J connectivity index is 1.35. The Bertz CT molecular complexity index is 1680. The number of benzene rings is 1. The Kier molecular flexibility index (Phi) is 7.87. The largest absolute Gasteiger partial charge is 0.443 e. The molecular formula is C32H42FN7O3.